The van der Waals surface area contributed by atoms with Crippen LogP contribution in [0.15, 0.2) is 0 Å². The summed E-state index contributed by atoms with van der Waals surface area (Å²) in [5.74, 6) is 0.346. The number of hydrogen-bond acceptors (Lipinski definition) is 2. The Labute approximate surface area is 77.2 Å². The van der Waals surface area contributed by atoms with Crippen LogP contribution >= 0.6 is 0 Å². The van der Waals surface area contributed by atoms with Crippen molar-refractivity contribution in [2.45, 2.75) is 39.4 Å². The fourth-order valence-electron chi connectivity index (χ4n) is 0.635. The molecule has 0 saturated carbocycles. The zero-order valence-corrected chi connectivity index (χ0v) is 9.11. The number of carbonyl (C=O) groups excluding carboxylic acids is 1. The molecule has 0 spiro atoms. The number of ketones is 1. The Bertz CT molecular complexity index is 175. The van der Waals surface area contributed by atoms with Crippen LogP contribution in [0, 0.1) is 5.92 Å². The van der Waals surface area contributed by atoms with Gasteiger partial charge >= 0.3 is 0 Å². The highest BCUT2D eigenvalue weighted by atomic mass is 32.2. The number of rotatable bonds is 5. The lowest BCUT2D eigenvalue weighted by Crippen LogP contribution is -2.22. The van der Waals surface area contributed by atoms with Gasteiger partial charge in [-0.3, -0.25) is 9.00 Å². The molecular weight excluding hydrogens is 172 g/mol. The van der Waals surface area contributed by atoms with Crippen LogP contribution < -0.4 is 0 Å². The van der Waals surface area contributed by atoms with E-state index < -0.39 is 10.8 Å². The number of carbonyl (C=O) groups is 1. The van der Waals surface area contributed by atoms with Crippen molar-refractivity contribution >= 4 is 16.6 Å². The Morgan fingerprint density at radius 3 is 2.17 bits per heavy atom. The van der Waals surface area contributed by atoms with Crippen LogP contribution in [-0.2, 0) is 15.6 Å². The van der Waals surface area contributed by atoms with E-state index in [-0.39, 0.29) is 22.7 Å². The summed E-state index contributed by atoms with van der Waals surface area (Å²) in [6, 6.07) is 0. The van der Waals surface area contributed by atoms with Gasteiger partial charge in [0.25, 0.3) is 0 Å². The lowest BCUT2D eigenvalue weighted by Gasteiger charge is -2.08. The van der Waals surface area contributed by atoms with E-state index in [9.17, 15) is 9.00 Å². The van der Waals surface area contributed by atoms with Crippen molar-refractivity contribution in [2.75, 3.05) is 5.75 Å². The average Bonchev–Trinajstić information content (AvgIpc) is 2.02. The van der Waals surface area contributed by atoms with Gasteiger partial charge < -0.3 is 0 Å². The Morgan fingerprint density at radius 2 is 1.83 bits per heavy atom. The van der Waals surface area contributed by atoms with Gasteiger partial charge in [-0.1, -0.05) is 27.7 Å². The van der Waals surface area contributed by atoms with Crippen LogP contribution in [0.2, 0.25) is 0 Å². The fourth-order valence-corrected chi connectivity index (χ4v) is 1.91. The first kappa shape index (κ1) is 11.8. The quantitative estimate of drug-likeness (QED) is 0.662. The molecule has 0 aromatic carbocycles. The number of Topliss-reactive ketones (excluding diaryl/α,β-unsaturated/α-hetero) is 1. The highest BCUT2D eigenvalue weighted by Gasteiger charge is 2.15. The second kappa shape index (κ2) is 5.46. The topological polar surface area (TPSA) is 34.1 Å². The van der Waals surface area contributed by atoms with Crippen molar-refractivity contribution in [1.29, 1.82) is 0 Å². The first-order valence-electron chi connectivity index (χ1n) is 4.38. The van der Waals surface area contributed by atoms with Gasteiger partial charge in [-0.25, -0.2) is 0 Å². The largest absolute Gasteiger partial charge is 0.298 e. The molecular formula is C9H18O2S. The van der Waals surface area contributed by atoms with Crippen LogP contribution in [0.25, 0.3) is 0 Å². The summed E-state index contributed by atoms with van der Waals surface area (Å²) in [6.45, 7) is 7.60. The first-order chi connectivity index (χ1) is 5.49. The zero-order valence-electron chi connectivity index (χ0n) is 8.29. The molecule has 0 aromatic heterocycles. The molecule has 0 aromatic rings. The van der Waals surface area contributed by atoms with E-state index in [1.54, 1.807) is 0 Å². The molecule has 2 atom stereocenters. The maximum absolute atomic E-state index is 11.4. The molecule has 0 bridgehead atoms. The minimum Gasteiger partial charge on any atom is -0.298 e. The molecule has 72 valence electrons. The van der Waals surface area contributed by atoms with Gasteiger partial charge in [0.15, 0.2) is 0 Å². The monoisotopic (exact) mass is 190 g/mol. The van der Waals surface area contributed by atoms with Crippen molar-refractivity contribution in [3.05, 3.63) is 0 Å². The third-order valence-corrected chi connectivity index (χ3v) is 3.75. The van der Waals surface area contributed by atoms with Gasteiger partial charge in [-0.15, -0.1) is 0 Å². The van der Waals surface area contributed by atoms with Crippen LogP contribution in [0.4, 0.5) is 0 Å². The van der Waals surface area contributed by atoms with E-state index in [2.05, 4.69) is 0 Å². The molecule has 0 aliphatic rings. The van der Waals surface area contributed by atoms with Crippen molar-refractivity contribution < 1.29 is 9.00 Å². The molecule has 0 amide bonds. The van der Waals surface area contributed by atoms with E-state index in [1.165, 1.54) is 0 Å². The maximum Gasteiger partial charge on any atom is 0.147 e. The third-order valence-electron chi connectivity index (χ3n) is 1.95. The second-order valence-corrected chi connectivity index (χ2v) is 5.22. The summed E-state index contributed by atoms with van der Waals surface area (Å²) >= 11 is 0. The van der Waals surface area contributed by atoms with E-state index in [0.717, 1.165) is 6.42 Å². The summed E-state index contributed by atoms with van der Waals surface area (Å²) in [5.41, 5.74) is 0. The summed E-state index contributed by atoms with van der Waals surface area (Å²) in [4.78, 5) is 11.2. The van der Waals surface area contributed by atoms with Gasteiger partial charge in [0, 0.05) is 22.0 Å². The van der Waals surface area contributed by atoms with Gasteiger partial charge in [0.2, 0.25) is 0 Å². The second-order valence-electron chi connectivity index (χ2n) is 3.36. The molecule has 2 nitrogen and oxygen atoms in total. The normalized spacial score (nSPS) is 16.1. The summed E-state index contributed by atoms with van der Waals surface area (Å²) in [6.07, 6.45) is 0.873. The van der Waals surface area contributed by atoms with Gasteiger partial charge in [0.1, 0.15) is 5.78 Å². The summed E-state index contributed by atoms with van der Waals surface area (Å²) in [7, 11) is -0.965. The SMILES string of the molecule is CCC(C)S(=O)CC(=O)C(C)C. The van der Waals surface area contributed by atoms with Gasteiger partial charge in [0.05, 0.1) is 5.75 Å². The fraction of sp³-hybridized carbons (Fsp3) is 0.889. The molecule has 12 heavy (non-hydrogen) atoms. The van der Waals surface area contributed by atoms with Crippen molar-refractivity contribution in [2.24, 2.45) is 5.92 Å². The predicted octanol–water partition coefficient (Wildman–Crippen LogP) is 1.76. The highest BCUT2D eigenvalue weighted by Crippen LogP contribution is 2.04. The minimum absolute atomic E-state index is 0.0120. The highest BCUT2D eigenvalue weighted by molar-refractivity contribution is 7.86. The maximum atomic E-state index is 11.4. The Balaban J connectivity index is 3.93. The average molecular weight is 190 g/mol. The Kier molecular flexibility index (Phi) is 5.38. The van der Waals surface area contributed by atoms with E-state index in [0.29, 0.717) is 0 Å². The molecule has 2 unspecified atom stereocenters. The van der Waals surface area contributed by atoms with Crippen molar-refractivity contribution in [3.63, 3.8) is 0 Å². The smallest absolute Gasteiger partial charge is 0.147 e. The van der Waals surface area contributed by atoms with E-state index in [4.69, 9.17) is 0 Å². The third kappa shape index (κ3) is 4.00. The van der Waals surface area contributed by atoms with Crippen LogP contribution in [0.3, 0.4) is 0 Å². The molecule has 0 N–H and O–H groups in total. The van der Waals surface area contributed by atoms with Gasteiger partial charge in [-0.05, 0) is 6.42 Å². The lowest BCUT2D eigenvalue weighted by atomic mass is 10.1. The summed E-state index contributed by atoms with van der Waals surface area (Å²) < 4.78 is 11.4. The molecule has 0 heterocycles. The predicted molar refractivity (Wildman–Crippen MR) is 52.6 cm³/mol. The lowest BCUT2D eigenvalue weighted by molar-refractivity contribution is -0.119. The van der Waals surface area contributed by atoms with Crippen LogP contribution in [0.1, 0.15) is 34.1 Å². The van der Waals surface area contributed by atoms with E-state index in [1.807, 2.05) is 27.7 Å². The first-order valence-corrected chi connectivity index (χ1v) is 5.77. The molecule has 0 aliphatic carbocycles. The van der Waals surface area contributed by atoms with Crippen LogP contribution in [0.5, 0.6) is 0 Å². The molecule has 3 heteroatoms. The number of hydrogen-bond donors (Lipinski definition) is 0. The molecule has 0 fully saturated rings. The summed E-state index contributed by atoms with van der Waals surface area (Å²) in [5, 5.41) is 0.146. The molecule has 0 saturated heterocycles. The molecule has 0 aliphatic heterocycles. The van der Waals surface area contributed by atoms with Gasteiger partial charge in [-0.2, -0.15) is 0 Å². The van der Waals surface area contributed by atoms with Crippen molar-refractivity contribution in [3.8, 4) is 0 Å². The van der Waals surface area contributed by atoms with E-state index >= 15 is 0 Å². The zero-order chi connectivity index (χ0) is 9.72. The Hall–Kier alpha value is -0.180. The van der Waals surface area contributed by atoms with Crippen molar-refractivity contribution in [1.82, 2.24) is 0 Å². The Morgan fingerprint density at radius 1 is 1.33 bits per heavy atom. The molecule has 0 rings (SSSR count). The standard InChI is InChI=1S/C9H18O2S/c1-5-8(4)12(11)6-9(10)7(2)3/h7-8H,5-6H2,1-4H3. The van der Waals surface area contributed by atoms with Crippen LogP contribution in [-0.4, -0.2) is 21.0 Å². The molecule has 0 radical (unpaired) electrons. The minimum atomic E-state index is -0.965.